The minimum atomic E-state index is -1.05. The predicted octanol–water partition coefficient (Wildman–Crippen LogP) is 0.728. The number of nitrogens with zero attached hydrogens (tertiary/aromatic N) is 1. The van der Waals surface area contributed by atoms with Crippen LogP contribution >= 0.6 is 0 Å². The molecular weight excluding hydrogens is 172 g/mol. The van der Waals surface area contributed by atoms with Gasteiger partial charge in [0.2, 0.25) is 5.88 Å². The molecule has 0 fully saturated rings. The maximum Gasteiger partial charge on any atom is 0.404 e. The average molecular weight is 182 g/mol. The van der Waals surface area contributed by atoms with E-state index in [1.54, 1.807) is 24.4 Å². The third-order valence-corrected chi connectivity index (χ3v) is 1.27. The average Bonchev–Trinajstić information content (AvgIpc) is 2.14. The molecule has 0 saturated carbocycles. The Morgan fingerprint density at radius 3 is 3.08 bits per heavy atom. The third-order valence-electron chi connectivity index (χ3n) is 1.27. The number of amides is 1. The quantitative estimate of drug-likeness (QED) is 0.673. The van der Waals surface area contributed by atoms with Crippen LogP contribution in [0.3, 0.4) is 0 Å². The highest BCUT2D eigenvalue weighted by Gasteiger charge is 1.94. The fourth-order valence-corrected chi connectivity index (χ4v) is 0.746. The number of rotatable bonds is 4. The fraction of sp³-hybridized carbons (Fsp3) is 0.250. The Bertz CT molecular complexity index is 263. The van der Waals surface area contributed by atoms with Crippen molar-refractivity contribution >= 4 is 6.09 Å². The minimum absolute atomic E-state index is 0.256. The number of nitrogens with one attached hydrogen (secondary N) is 1. The van der Waals surface area contributed by atoms with E-state index in [1.807, 2.05) is 0 Å². The van der Waals surface area contributed by atoms with E-state index in [-0.39, 0.29) is 13.2 Å². The van der Waals surface area contributed by atoms with E-state index in [9.17, 15) is 4.79 Å². The number of ether oxygens (including phenoxy) is 1. The first-order valence-corrected chi connectivity index (χ1v) is 3.79. The molecule has 0 aromatic carbocycles. The lowest BCUT2D eigenvalue weighted by atomic mass is 10.5. The number of aromatic nitrogens is 1. The molecule has 5 heteroatoms. The van der Waals surface area contributed by atoms with Crippen LogP contribution in [-0.2, 0) is 0 Å². The van der Waals surface area contributed by atoms with Gasteiger partial charge in [-0.25, -0.2) is 9.78 Å². The van der Waals surface area contributed by atoms with E-state index in [4.69, 9.17) is 9.84 Å². The van der Waals surface area contributed by atoms with Crippen molar-refractivity contribution in [3.05, 3.63) is 24.4 Å². The summed E-state index contributed by atoms with van der Waals surface area (Å²) in [4.78, 5) is 13.9. The highest BCUT2D eigenvalue weighted by molar-refractivity contribution is 5.64. The smallest absolute Gasteiger partial charge is 0.404 e. The molecule has 0 atom stereocenters. The van der Waals surface area contributed by atoms with Gasteiger partial charge in [0.15, 0.2) is 0 Å². The maximum absolute atomic E-state index is 10.0. The van der Waals surface area contributed by atoms with Crippen molar-refractivity contribution < 1.29 is 14.6 Å². The summed E-state index contributed by atoms with van der Waals surface area (Å²) in [6.07, 6.45) is 0.560. The molecule has 5 nitrogen and oxygen atoms in total. The van der Waals surface area contributed by atoms with E-state index < -0.39 is 6.09 Å². The first-order chi connectivity index (χ1) is 6.29. The van der Waals surface area contributed by atoms with Crippen LogP contribution in [0.25, 0.3) is 0 Å². The van der Waals surface area contributed by atoms with Crippen LogP contribution in [0.5, 0.6) is 5.88 Å². The highest BCUT2D eigenvalue weighted by atomic mass is 16.5. The van der Waals surface area contributed by atoms with Gasteiger partial charge < -0.3 is 15.2 Å². The molecule has 1 aromatic heterocycles. The summed E-state index contributed by atoms with van der Waals surface area (Å²) in [5.74, 6) is 0.495. The van der Waals surface area contributed by atoms with Gasteiger partial charge in [-0.3, -0.25) is 0 Å². The molecule has 1 heterocycles. The second kappa shape index (κ2) is 4.97. The number of hydrogen-bond acceptors (Lipinski definition) is 3. The van der Waals surface area contributed by atoms with Crippen molar-refractivity contribution in [1.82, 2.24) is 10.3 Å². The number of carbonyl (C=O) groups is 1. The summed E-state index contributed by atoms with van der Waals surface area (Å²) < 4.78 is 5.12. The Labute approximate surface area is 75.4 Å². The Morgan fingerprint density at radius 2 is 2.46 bits per heavy atom. The van der Waals surface area contributed by atoms with Crippen LogP contribution in [0.4, 0.5) is 4.79 Å². The van der Waals surface area contributed by atoms with Crippen LogP contribution in [0, 0.1) is 0 Å². The Morgan fingerprint density at radius 1 is 1.62 bits per heavy atom. The molecule has 13 heavy (non-hydrogen) atoms. The molecule has 70 valence electrons. The molecule has 0 aliphatic heterocycles. The molecule has 0 radical (unpaired) electrons. The molecule has 0 saturated heterocycles. The molecule has 0 spiro atoms. The first-order valence-electron chi connectivity index (χ1n) is 3.79. The van der Waals surface area contributed by atoms with E-state index in [0.717, 1.165) is 0 Å². The molecule has 0 aliphatic carbocycles. The molecule has 0 unspecified atom stereocenters. The van der Waals surface area contributed by atoms with Gasteiger partial charge in [0.1, 0.15) is 6.61 Å². The zero-order valence-corrected chi connectivity index (χ0v) is 6.93. The van der Waals surface area contributed by atoms with Crippen LogP contribution in [0.1, 0.15) is 0 Å². The summed E-state index contributed by atoms with van der Waals surface area (Å²) in [5.41, 5.74) is 0. The van der Waals surface area contributed by atoms with E-state index in [0.29, 0.717) is 5.88 Å². The lowest BCUT2D eigenvalue weighted by Gasteiger charge is -2.03. The normalized spacial score (nSPS) is 9.23. The van der Waals surface area contributed by atoms with Gasteiger partial charge in [-0.15, -0.1) is 0 Å². The molecule has 1 rings (SSSR count). The van der Waals surface area contributed by atoms with Gasteiger partial charge in [-0.05, 0) is 6.07 Å². The van der Waals surface area contributed by atoms with Gasteiger partial charge in [0, 0.05) is 12.3 Å². The van der Waals surface area contributed by atoms with Crippen LogP contribution < -0.4 is 10.1 Å². The van der Waals surface area contributed by atoms with Crippen molar-refractivity contribution in [3.8, 4) is 5.88 Å². The van der Waals surface area contributed by atoms with E-state index in [1.165, 1.54) is 0 Å². The third kappa shape index (κ3) is 3.95. The van der Waals surface area contributed by atoms with Crippen molar-refractivity contribution in [2.75, 3.05) is 13.2 Å². The van der Waals surface area contributed by atoms with Crippen molar-refractivity contribution in [2.24, 2.45) is 0 Å². The summed E-state index contributed by atoms with van der Waals surface area (Å²) >= 11 is 0. The standard InChI is InChI=1S/C8H10N2O3/c11-8(12)10-5-6-13-7-3-1-2-4-9-7/h1-4,10H,5-6H2,(H,11,12). The number of pyridine rings is 1. The molecule has 0 bridgehead atoms. The number of hydrogen-bond donors (Lipinski definition) is 2. The summed E-state index contributed by atoms with van der Waals surface area (Å²) in [6, 6.07) is 5.29. The summed E-state index contributed by atoms with van der Waals surface area (Å²) in [6.45, 7) is 0.537. The zero-order chi connectivity index (χ0) is 9.52. The highest BCUT2D eigenvalue weighted by Crippen LogP contribution is 2.01. The molecule has 1 amide bonds. The zero-order valence-electron chi connectivity index (χ0n) is 6.93. The Hall–Kier alpha value is -1.78. The van der Waals surface area contributed by atoms with E-state index in [2.05, 4.69) is 10.3 Å². The second-order valence-corrected chi connectivity index (χ2v) is 2.25. The molecule has 0 aliphatic rings. The van der Waals surface area contributed by atoms with Crippen LogP contribution in [-0.4, -0.2) is 29.3 Å². The van der Waals surface area contributed by atoms with Crippen molar-refractivity contribution in [3.63, 3.8) is 0 Å². The molecule has 1 aromatic rings. The molecular formula is C8H10N2O3. The predicted molar refractivity (Wildman–Crippen MR) is 45.8 cm³/mol. The first kappa shape index (κ1) is 9.31. The van der Waals surface area contributed by atoms with Gasteiger partial charge in [0.05, 0.1) is 6.54 Å². The van der Waals surface area contributed by atoms with Crippen molar-refractivity contribution in [2.45, 2.75) is 0 Å². The lowest BCUT2D eigenvalue weighted by molar-refractivity contribution is 0.190. The van der Waals surface area contributed by atoms with Gasteiger partial charge in [-0.2, -0.15) is 0 Å². The van der Waals surface area contributed by atoms with E-state index >= 15 is 0 Å². The minimum Gasteiger partial charge on any atom is -0.476 e. The van der Waals surface area contributed by atoms with Gasteiger partial charge >= 0.3 is 6.09 Å². The molecule has 2 N–H and O–H groups in total. The summed E-state index contributed by atoms with van der Waals surface area (Å²) in [5, 5.41) is 10.4. The SMILES string of the molecule is O=C(O)NCCOc1ccccn1. The lowest BCUT2D eigenvalue weighted by Crippen LogP contribution is -2.26. The van der Waals surface area contributed by atoms with Crippen molar-refractivity contribution in [1.29, 1.82) is 0 Å². The maximum atomic E-state index is 10.0. The second-order valence-electron chi connectivity index (χ2n) is 2.25. The topological polar surface area (TPSA) is 71.5 Å². The fourth-order valence-electron chi connectivity index (χ4n) is 0.746. The summed E-state index contributed by atoms with van der Waals surface area (Å²) in [7, 11) is 0. The van der Waals surface area contributed by atoms with Gasteiger partial charge in [0.25, 0.3) is 0 Å². The number of carboxylic acid groups (broad SMARTS) is 1. The van der Waals surface area contributed by atoms with Crippen LogP contribution in [0.15, 0.2) is 24.4 Å². The van der Waals surface area contributed by atoms with Crippen LogP contribution in [0.2, 0.25) is 0 Å². The Balaban J connectivity index is 2.17. The Kier molecular flexibility index (Phi) is 3.56. The van der Waals surface area contributed by atoms with Gasteiger partial charge in [-0.1, -0.05) is 6.07 Å². The monoisotopic (exact) mass is 182 g/mol. The largest absolute Gasteiger partial charge is 0.476 e.